The second-order valence-corrected chi connectivity index (χ2v) is 7.77. The lowest BCUT2D eigenvalue weighted by molar-refractivity contribution is 0.0394. The van der Waals surface area contributed by atoms with Crippen molar-refractivity contribution in [1.82, 2.24) is 5.32 Å². The molecule has 0 spiro atoms. The molecule has 1 unspecified atom stereocenters. The number of carbonyl (C=O) groups excluding carboxylic acids is 1. The summed E-state index contributed by atoms with van der Waals surface area (Å²) >= 11 is 6.04. The highest BCUT2D eigenvalue weighted by atomic mass is 35.5. The molecule has 0 saturated heterocycles. The molecule has 1 amide bonds. The lowest BCUT2D eigenvalue weighted by Crippen LogP contribution is -2.46. The smallest absolute Gasteiger partial charge is 0.407 e. The van der Waals surface area contributed by atoms with Crippen LogP contribution in [-0.4, -0.2) is 30.0 Å². The predicted molar refractivity (Wildman–Crippen MR) is 93.7 cm³/mol. The van der Waals surface area contributed by atoms with Gasteiger partial charge in [-0.05, 0) is 50.8 Å². The molecule has 0 aliphatic rings. The van der Waals surface area contributed by atoms with Crippen LogP contribution < -0.4 is 5.32 Å². The molecule has 23 heavy (non-hydrogen) atoms. The van der Waals surface area contributed by atoms with E-state index in [1.54, 1.807) is 0 Å². The van der Waals surface area contributed by atoms with Gasteiger partial charge in [-0.2, -0.15) is 0 Å². The predicted octanol–water partition coefficient (Wildman–Crippen LogP) is 4.04. The fourth-order valence-electron chi connectivity index (χ4n) is 2.38. The van der Waals surface area contributed by atoms with E-state index in [2.05, 4.69) is 5.32 Å². The van der Waals surface area contributed by atoms with Gasteiger partial charge < -0.3 is 15.2 Å². The molecule has 0 aliphatic heterocycles. The number of amides is 1. The lowest BCUT2D eigenvalue weighted by Gasteiger charge is -2.36. The molecule has 0 saturated carbocycles. The zero-order chi connectivity index (χ0) is 17.7. The highest BCUT2D eigenvalue weighted by Crippen LogP contribution is 2.31. The van der Waals surface area contributed by atoms with Gasteiger partial charge >= 0.3 is 6.09 Å². The van der Waals surface area contributed by atoms with E-state index < -0.39 is 17.1 Å². The van der Waals surface area contributed by atoms with Crippen molar-refractivity contribution in [1.29, 1.82) is 0 Å². The molecule has 1 aromatic rings. The maximum atomic E-state index is 11.9. The van der Waals surface area contributed by atoms with Crippen molar-refractivity contribution >= 4 is 17.7 Å². The Kier molecular flexibility index (Phi) is 6.90. The van der Waals surface area contributed by atoms with E-state index in [-0.39, 0.29) is 12.5 Å². The molecule has 0 heterocycles. The van der Waals surface area contributed by atoms with Crippen LogP contribution in [0.3, 0.4) is 0 Å². The Bertz CT molecular complexity index is 525. The number of halogens is 1. The summed E-state index contributed by atoms with van der Waals surface area (Å²) in [7, 11) is 0. The number of carbonyl (C=O) groups is 1. The fraction of sp³-hybridized carbons (Fsp3) is 0.611. The normalized spacial score (nSPS) is 14.4. The number of alkyl carbamates (subject to hydrolysis) is 1. The number of hydrogen-bond donors (Lipinski definition) is 2. The molecule has 4 nitrogen and oxygen atoms in total. The molecule has 1 atom stereocenters. The second-order valence-electron chi connectivity index (χ2n) is 7.34. The summed E-state index contributed by atoms with van der Waals surface area (Å²) in [5.41, 5.74) is 0.0180. The molecule has 1 aromatic carbocycles. The van der Waals surface area contributed by atoms with E-state index in [1.165, 1.54) is 0 Å². The van der Waals surface area contributed by atoms with E-state index in [4.69, 9.17) is 16.3 Å². The number of benzene rings is 1. The van der Waals surface area contributed by atoms with E-state index in [0.29, 0.717) is 18.0 Å². The Labute approximate surface area is 144 Å². The summed E-state index contributed by atoms with van der Waals surface area (Å²) in [6, 6.07) is 7.58. The average Bonchev–Trinajstić information content (AvgIpc) is 2.41. The average molecular weight is 342 g/mol. The fourth-order valence-corrected chi connectivity index (χ4v) is 2.59. The third-order valence-corrected chi connectivity index (χ3v) is 4.20. The lowest BCUT2D eigenvalue weighted by atomic mass is 9.73. The highest BCUT2D eigenvalue weighted by Gasteiger charge is 2.34. The van der Waals surface area contributed by atoms with E-state index in [0.717, 1.165) is 5.56 Å². The maximum Gasteiger partial charge on any atom is 0.407 e. The van der Waals surface area contributed by atoms with Gasteiger partial charge in [0.25, 0.3) is 0 Å². The zero-order valence-corrected chi connectivity index (χ0v) is 15.4. The van der Waals surface area contributed by atoms with Crippen LogP contribution in [0.4, 0.5) is 4.79 Å². The van der Waals surface area contributed by atoms with Crippen molar-refractivity contribution in [2.24, 2.45) is 11.3 Å². The standard InChI is InChI=1S/C18H28ClNO3/c1-13(2)18(12-21,10-14-7-6-8-15(19)9-14)11-20-16(22)23-17(3,4)5/h6-9,13,21H,10-12H2,1-5H3,(H,20,22). The van der Waals surface area contributed by atoms with Crippen molar-refractivity contribution in [3.05, 3.63) is 34.9 Å². The third kappa shape index (κ3) is 6.40. The molecule has 0 radical (unpaired) electrons. The first-order valence-corrected chi connectivity index (χ1v) is 8.28. The molecule has 0 fully saturated rings. The summed E-state index contributed by atoms with van der Waals surface area (Å²) in [6.07, 6.45) is 0.152. The topological polar surface area (TPSA) is 58.6 Å². The molecular formula is C18H28ClNO3. The molecule has 1 rings (SSSR count). The Morgan fingerprint density at radius 2 is 2.00 bits per heavy atom. The monoisotopic (exact) mass is 341 g/mol. The van der Waals surface area contributed by atoms with Crippen molar-refractivity contribution in [3.8, 4) is 0 Å². The minimum Gasteiger partial charge on any atom is -0.444 e. The van der Waals surface area contributed by atoms with Gasteiger partial charge in [0.2, 0.25) is 0 Å². The minimum atomic E-state index is -0.545. The van der Waals surface area contributed by atoms with Gasteiger partial charge in [-0.25, -0.2) is 4.79 Å². The maximum absolute atomic E-state index is 11.9. The van der Waals surface area contributed by atoms with Crippen LogP contribution in [0.5, 0.6) is 0 Å². The van der Waals surface area contributed by atoms with Crippen LogP contribution in [0.2, 0.25) is 5.02 Å². The third-order valence-electron chi connectivity index (χ3n) is 3.97. The Balaban J connectivity index is 2.84. The molecule has 0 aliphatic carbocycles. The van der Waals surface area contributed by atoms with Gasteiger partial charge in [0.15, 0.2) is 0 Å². The van der Waals surface area contributed by atoms with Crippen molar-refractivity contribution < 1.29 is 14.6 Å². The first-order valence-electron chi connectivity index (χ1n) is 7.90. The summed E-state index contributed by atoms with van der Waals surface area (Å²) in [5, 5.41) is 13.5. The van der Waals surface area contributed by atoms with Crippen LogP contribution in [0.25, 0.3) is 0 Å². The SMILES string of the molecule is CC(C)C(CO)(CNC(=O)OC(C)(C)C)Cc1cccc(Cl)c1. The number of aliphatic hydroxyl groups is 1. The van der Waals surface area contributed by atoms with Crippen LogP contribution in [0.15, 0.2) is 24.3 Å². The largest absolute Gasteiger partial charge is 0.444 e. The summed E-state index contributed by atoms with van der Waals surface area (Å²) in [4.78, 5) is 11.9. The van der Waals surface area contributed by atoms with E-state index in [9.17, 15) is 9.90 Å². The number of hydrogen-bond acceptors (Lipinski definition) is 3. The first kappa shape index (κ1) is 19.8. The first-order chi connectivity index (χ1) is 10.6. The highest BCUT2D eigenvalue weighted by molar-refractivity contribution is 6.30. The summed E-state index contributed by atoms with van der Waals surface area (Å²) < 4.78 is 5.27. The Morgan fingerprint density at radius 3 is 2.48 bits per heavy atom. The number of rotatable bonds is 6. The Morgan fingerprint density at radius 1 is 1.35 bits per heavy atom. The van der Waals surface area contributed by atoms with Gasteiger partial charge in [0, 0.05) is 17.0 Å². The molecular weight excluding hydrogens is 314 g/mol. The number of ether oxygens (including phenoxy) is 1. The van der Waals surface area contributed by atoms with E-state index >= 15 is 0 Å². The quantitative estimate of drug-likeness (QED) is 0.820. The molecule has 130 valence electrons. The van der Waals surface area contributed by atoms with Crippen LogP contribution in [0, 0.1) is 11.3 Å². The van der Waals surface area contributed by atoms with Crippen molar-refractivity contribution in [2.75, 3.05) is 13.2 Å². The summed E-state index contributed by atoms with van der Waals surface area (Å²) in [5.74, 6) is 0.168. The van der Waals surface area contributed by atoms with Crippen LogP contribution in [0.1, 0.15) is 40.2 Å². The molecule has 5 heteroatoms. The van der Waals surface area contributed by atoms with Crippen LogP contribution in [-0.2, 0) is 11.2 Å². The summed E-state index contributed by atoms with van der Waals surface area (Å²) in [6.45, 7) is 9.84. The molecule has 0 bridgehead atoms. The second kappa shape index (κ2) is 8.02. The van der Waals surface area contributed by atoms with Crippen molar-refractivity contribution in [3.63, 3.8) is 0 Å². The zero-order valence-electron chi connectivity index (χ0n) is 14.6. The minimum absolute atomic E-state index is 0.0347. The van der Waals surface area contributed by atoms with E-state index in [1.807, 2.05) is 58.9 Å². The number of nitrogens with one attached hydrogen (secondary N) is 1. The Hall–Kier alpha value is -1.26. The van der Waals surface area contributed by atoms with Gasteiger partial charge in [-0.15, -0.1) is 0 Å². The van der Waals surface area contributed by atoms with Gasteiger partial charge in [0.1, 0.15) is 5.60 Å². The molecule has 2 N–H and O–H groups in total. The van der Waals surface area contributed by atoms with Gasteiger partial charge in [0.05, 0.1) is 6.61 Å². The van der Waals surface area contributed by atoms with Crippen LogP contribution >= 0.6 is 11.6 Å². The number of aliphatic hydroxyl groups excluding tert-OH is 1. The van der Waals surface area contributed by atoms with Gasteiger partial charge in [-0.1, -0.05) is 37.6 Å². The van der Waals surface area contributed by atoms with Gasteiger partial charge in [-0.3, -0.25) is 0 Å². The van der Waals surface area contributed by atoms with Crippen molar-refractivity contribution in [2.45, 2.75) is 46.6 Å². The molecule has 0 aromatic heterocycles.